The molecule has 0 aliphatic carbocycles. The number of carboxylic acids is 1. The van der Waals surface area contributed by atoms with Crippen LogP contribution in [0.4, 0.5) is 4.39 Å². The van der Waals surface area contributed by atoms with E-state index in [1.54, 1.807) is 6.07 Å². The van der Waals surface area contributed by atoms with Crippen molar-refractivity contribution in [2.24, 2.45) is 0 Å². The van der Waals surface area contributed by atoms with Crippen LogP contribution in [-0.2, 0) is 6.61 Å². The largest absolute Gasteiger partial charge is 0.482 e. The van der Waals surface area contributed by atoms with Crippen molar-refractivity contribution in [1.29, 1.82) is 0 Å². The zero-order valence-electron chi connectivity index (χ0n) is 8.59. The van der Waals surface area contributed by atoms with Crippen LogP contribution in [0.25, 0.3) is 0 Å². The van der Waals surface area contributed by atoms with Gasteiger partial charge in [-0.05, 0) is 12.1 Å². The number of nitrogens with zero attached hydrogens (tertiary/aromatic N) is 1. The van der Waals surface area contributed by atoms with E-state index in [1.165, 1.54) is 18.2 Å². The van der Waals surface area contributed by atoms with Crippen LogP contribution >= 0.6 is 0 Å². The van der Waals surface area contributed by atoms with E-state index >= 15 is 0 Å². The number of hydrogen-bond donors (Lipinski definition) is 1. The molecule has 17 heavy (non-hydrogen) atoms. The third kappa shape index (κ3) is 2.41. The summed E-state index contributed by atoms with van der Waals surface area (Å²) in [5.74, 6) is -1.62. The van der Waals surface area contributed by atoms with Gasteiger partial charge in [0.2, 0.25) is 0 Å². The Kier molecular flexibility index (Phi) is 3.04. The highest BCUT2D eigenvalue weighted by Crippen LogP contribution is 2.18. The summed E-state index contributed by atoms with van der Waals surface area (Å²) in [6.45, 7) is -0.192. The van der Waals surface area contributed by atoms with Crippen LogP contribution in [0.5, 0.6) is 5.75 Å². The van der Waals surface area contributed by atoms with Crippen molar-refractivity contribution in [2.45, 2.75) is 6.61 Å². The predicted octanol–water partition coefficient (Wildman–Crippen LogP) is 2.09. The number of halogens is 1. The minimum atomic E-state index is -1.17. The molecule has 0 saturated heterocycles. The molecule has 0 aliphatic heterocycles. The SMILES string of the molecule is O=C(O)c1cnoc1COc1ccccc1F. The van der Waals surface area contributed by atoms with E-state index in [2.05, 4.69) is 5.16 Å². The molecule has 1 aromatic carbocycles. The fourth-order valence-corrected chi connectivity index (χ4v) is 1.25. The molecule has 0 unspecified atom stereocenters. The molecule has 0 amide bonds. The molecule has 6 heteroatoms. The fourth-order valence-electron chi connectivity index (χ4n) is 1.25. The van der Waals surface area contributed by atoms with Gasteiger partial charge in [-0.1, -0.05) is 17.3 Å². The van der Waals surface area contributed by atoms with Crippen LogP contribution in [0.1, 0.15) is 16.1 Å². The first-order valence-corrected chi connectivity index (χ1v) is 4.72. The van der Waals surface area contributed by atoms with Crippen molar-refractivity contribution >= 4 is 5.97 Å². The molecule has 1 aromatic heterocycles. The van der Waals surface area contributed by atoms with E-state index < -0.39 is 11.8 Å². The molecule has 0 saturated carbocycles. The third-order valence-electron chi connectivity index (χ3n) is 2.07. The Morgan fingerprint density at radius 2 is 2.24 bits per heavy atom. The Hall–Kier alpha value is -2.37. The van der Waals surface area contributed by atoms with Gasteiger partial charge in [0.1, 0.15) is 12.2 Å². The standard InChI is InChI=1S/C11H8FNO4/c12-8-3-1-2-4-9(8)16-6-10-7(11(14)15)5-13-17-10/h1-5H,6H2,(H,14,15). The van der Waals surface area contributed by atoms with Crippen molar-refractivity contribution in [3.63, 3.8) is 0 Å². The lowest BCUT2D eigenvalue weighted by atomic mass is 10.3. The Morgan fingerprint density at radius 3 is 2.94 bits per heavy atom. The second-order valence-corrected chi connectivity index (χ2v) is 3.19. The minimum absolute atomic E-state index is 0.0280. The average molecular weight is 237 g/mol. The van der Waals surface area contributed by atoms with Crippen molar-refractivity contribution < 1.29 is 23.6 Å². The summed E-state index contributed by atoms with van der Waals surface area (Å²) in [7, 11) is 0. The van der Waals surface area contributed by atoms with E-state index in [0.29, 0.717) is 0 Å². The molecule has 1 N–H and O–H groups in total. The summed E-state index contributed by atoms with van der Waals surface area (Å²) in [4.78, 5) is 10.7. The number of ether oxygens (including phenoxy) is 1. The smallest absolute Gasteiger partial charge is 0.341 e. The number of aromatic carboxylic acids is 1. The van der Waals surface area contributed by atoms with Gasteiger partial charge < -0.3 is 14.4 Å². The Morgan fingerprint density at radius 1 is 1.47 bits per heavy atom. The minimum Gasteiger partial charge on any atom is -0.482 e. The number of benzene rings is 1. The van der Waals surface area contributed by atoms with Gasteiger partial charge >= 0.3 is 5.97 Å². The van der Waals surface area contributed by atoms with Gasteiger partial charge in [0, 0.05) is 0 Å². The normalized spacial score (nSPS) is 10.2. The van der Waals surface area contributed by atoms with Crippen LogP contribution in [-0.4, -0.2) is 16.2 Å². The molecule has 0 spiro atoms. The van der Waals surface area contributed by atoms with E-state index in [4.69, 9.17) is 14.4 Å². The predicted molar refractivity (Wildman–Crippen MR) is 54.2 cm³/mol. The third-order valence-corrected chi connectivity index (χ3v) is 2.07. The zero-order chi connectivity index (χ0) is 12.3. The zero-order valence-corrected chi connectivity index (χ0v) is 8.59. The number of carboxylic acid groups (broad SMARTS) is 1. The lowest BCUT2D eigenvalue weighted by Crippen LogP contribution is -2.03. The maximum atomic E-state index is 13.2. The summed E-state index contributed by atoms with van der Waals surface area (Å²) in [5.41, 5.74) is -0.0960. The second-order valence-electron chi connectivity index (χ2n) is 3.19. The van der Waals surface area contributed by atoms with Gasteiger partial charge in [-0.3, -0.25) is 0 Å². The molecule has 0 atom stereocenters. The van der Waals surface area contributed by atoms with Crippen LogP contribution in [0, 0.1) is 5.82 Å². The van der Waals surface area contributed by atoms with Gasteiger partial charge in [0.05, 0.1) is 6.20 Å². The summed E-state index contributed by atoms with van der Waals surface area (Å²) >= 11 is 0. The van der Waals surface area contributed by atoms with Gasteiger partial charge in [0.25, 0.3) is 0 Å². The highest BCUT2D eigenvalue weighted by molar-refractivity contribution is 5.88. The number of carbonyl (C=O) groups is 1. The Labute approximate surface area is 95.4 Å². The van der Waals surface area contributed by atoms with Crippen molar-refractivity contribution in [3.8, 4) is 5.75 Å². The van der Waals surface area contributed by atoms with Crippen LogP contribution < -0.4 is 4.74 Å². The van der Waals surface area contributed by atoms with Crippen molar-refractivity contribution in [3.05, 3.63) is 47.6 Å². The number of aromatic nitrogens is 1. The highest BCUT2D eigenvalue weighted by atomic mass is 19.1. The summed E-state index contributed by atoms with van der Waals surface area (Å²) in [6, 6.07) is 5.82. The number of hydrogen-bond acceptors (Lipinski definition) is 4. The first-order chi connectivity index (χ1) is 8.18. The molecule has 0 aliphatic rings. The molecule has 0 fully saturated rings. The van der Waals surface area contributed by atoms with Gasteiger partial charge in [-0.25, -0.2) is 9.18 Å². The average Bonchev–Trinajstić information content (AvgIpc) is 2.76. The van der Waals surface area contributed by atoms with E-state index in [0.717, 1.165) is 6.20 Å². The summed E-state index contributed by atoms with van der Waals surface area (Å²) < 4.78 is 23.0. The van der Waals surface area contributed by atoms with E-state index in [1.807, 2.05) is 0 Å². The van der Waals surface area contributed by atoms with Crippen LogP contribution in [0.2, 0.25) is 0 Å². The molecule has 0 bridgehead atoms. The monoisotopic (exact) mass is 237 g/mol. The molecule has 88 valence electrons. The maximum absolute atomic E-state index is 13.2. The summed E-state index contributed by atoms with van der Waals surface area (Å²) in [6.07, 6.45) is 1.07. The van der Waals surface area contributed by atoms with Crippen LogP contribution in [0.3, 0.4) is 0 Å². The molecule has 1 heterocycles. The van der Waals surface area contributed by atoms with E-state index in [9.17, 15) is 9.18 Å². The van der Waals surface area contributed by atoms with Crippen LogP contribution in [0.15, 0.2) is 35.0 Å². The number of rotatable bonds is 4. The molecular formula is C11H8FNO4. The second kappa shape index (κ2) is 4.65. The molecule has 2 aromatic rings. The lowest BCUT2D eigenvalue weighted by Gasteiger charge is -2.04. The highest BCUT2D eigenvalue weighted by Gasteiger charge is 2.16. The molecule has 0 radical (unpaired) electrons. The Bertz CT molecular complexity index is 538. The first kappa shape index (κ1) is 11.1. The van der Waals surface area contributed by atoms with Crippen molar-refractivity contribution in [1.82, 2.24) is 5.16 Å². The number of para-hydroxylation sites is 1. The molecule has 2 rings (SSSR count). The maximum Gasteiger partial charge on any atom is 0.341 e. The summed E-state index contributed by atoms with van der Waals surface area (Å²) in [5, 5.41) is 12.1. The molecule has 5 nitrogen and oxygen atoms in total. The van der Waals surface area contributed by atoms with Gasteiger partial charge in [-0.15, -0.1) is 0 Å². The van der Waals surface area contributed by atoms with Crippen molar-refractivity contribution in [2.75, 3.05) is 0 Å². The van der Waals surface area contributed by atoms with Gasteiger partial charge in [-0.2, -0.15) is 0 Å². The fraction of sp³-hybridized carbons (Fsp3) is 0.0909. The Balaban J connectivity index is 2.10. The topological polar surface area (TPSA) is 72.6 Å². The first-order valence-electron chi connectivity index (χ1n) is 4.72. The molecular weight excluding hydrogens is 229 g/mol. The quantitative estimate of drug-likeness (QED) is 0.881. The lowest BCUT2D eigenvalue weighted by molar-refractivity contribution is 0.0691. The van der Waals surface area contributed by atoms with E-state index in [-0.39, 0.29) is 23.7 Å². The van der Waals surface area contributed by atoms with Gasteiger partial charge in [0.15, 0.2) is 17.3 Å².